The van der Waals surface area contributed by atoms with Crippen molar-refractivity contribution in [1.82, 2.24) is 10.2 Å². The van der Waals surface area contributed by atoms with Crippen LogP contribution >= 0.6 is 0 Å². The lowest BCUT2D eigenvalue weighted by atomic mass is 10.0. The number of methoxy groups -OCH3 is 1. The maximum Gasteiger partial charge on any atom is 0.264 e. The molecular formula is C35H39N3O5S. The van der Waals surface area contributed by atoms with Gasteiger partial charge in [0, 0.05) is 18.5 Å². The van der Waals surface area contributed by atoms with Crippen LogP contribution in [0.2, 0.25) is 0 Å². The van der Waals surface area contributed by atoms with Crippen LogP contribution in [0.5, 0.6) is 5.75 Å². The van der Waals surface area contributed by atoms with Gasteiger partial charge < -0.3 is 15.0 Å². The molecule has 0 aliphatic rings. The maximum atomic E-state index is 14.4. The number of benzene rings is 4. The van der Waals surface area contributed by atoms with Crippen LogP contribution in [0.3, 0.4) is 0 Å². The third-order valence-electron chi connectivity index (χ3n) is 6.94. The molecule has 0 saturated heterocycles. The highest BCUT2D eigenvalue weighted by Gasteiger charge is 2.35. The van der Waals surface area contributed by atoms with Gasteiger partial charge in [-0.05, 0) is 68.3 Å². The molecule has 0 saturated carbocycles. The number of carbonyl (C=O) groups excluding carboxylic acids is 2. The molecule has 4 aromatic carbocycles. The standard InChI is InChI=1S/C35H39N3O5S/c1-35(2,3)36-34(40)32(24-27-14-8-5-9-15-27)37(25-28-16-10-6-11-17-28)33(39)26-38(29-20-22-30(43-4)23-21-29)44(41,42)31-18-12-7-13-19-31/h5-23,32H,24-26H2,1-4H3,(H,36,40). The van der Waals surface area contributed by atoms with Gasteiger partial charge in [0.1, 0.15) is 18.3 Å². The monoisotopic (exact) mass is 613 g/mol. The van der Waals surface area contributed by atoms with E-state index >= 15 is 0 Å². The predicted molar refractivity (Wildman–Crippen MR) is 173 cm³/mol. The van der Waals surface area contributed by atoms with E-state index in [2.05, 4.69) is 5.32 Å². The van der Waals surface area contributed by atoms with E-state index in [-0.39, 0.29) is 23.8 Å². The minimum Gasteiger partial charge on any atom is -0.497 e. The van der Waals surface area contributed by atoms with Crippen LogP contribution in [0.4, 0.5) is 5.69 Å². The first-order valence-electron chi connectivity index (χ1n) is 14.4. The van der Waals surface area contributed by atoms with Gasteiger partial charge in [0.25, 0.3) is 10.0 Å². The van der Waals surface area contributed by atoms with Crippen LogP contribution in [0, 0.1) is 0 Å². The number of amides is 2. The average Bonchev–Trinajstić information content (AvgIpc) is 3.02. The number of ether oxygens (including phenoxy) is 1. The fraction of sp³-hybridized carbons (Fsp3) is 0.257. The number of carbonyl (C=O) groups is 2. The lowest BCUT2D eigenvalue weighted by Gasteiger charge is -2.35. The van der Waals surface area contributed by atoms with Crippen molar-refractivity contribution in [3.05, 3.63) is 126 Å². The summed E-state index contributed by atoms with van der Waals surface area (Å²) in [5.74, 6) is -0.300. The van der Waals surface area contributed by atoms with E-state index in [1.165, 1.54) is 24.1 Å². The summed E-state index contributed by atoms with van der Waals surface area (Å²) in [5, 5.41) is 3.04. The quantitative estimate of drug-likeness (QED) is 0.230. The Hall–Kier alpha value is -4.63. The van der Waals surface area contributed by atoms with Crippen LogP contribution in [0.15, 0.2) is 120 Å². The lowest BCUT2D eigenvalue weighted by Crippen LogP contribution is -2.56. The molecule has 2 amide bonds. The molecule has 0 fully saturated rings. The fourth-order valence-corrected chi connectivity index (χ4v) is 6.22. The van der Waals surface area contributed by atoms with Crippen LogP contribution < -0.4 is 14.4 Å². The van der Waals surface area contributed by atoms with Crippen molar-refractivity contribution in [3.63, 3.8) is 0 Å². The SMILES string of the molecule is COc1ccc(N(CC(=O)N(Cc2ccccc2)C(Cc2ccccc2)C(=O)NC(C)(C)C)S(=O)(=O)c2ccccc2)cc1. The van der Waals surface area contributed by atoms with Crippen molar-refractivity contribution in [2.45, 2.75) is 50.2 Å². The number of hydrogen-bond acceptors (Lipinski definition) is 5. The van der Waals surface area contributed by atoms with E-state index in [9.17, 15) is 18.0 Å². The van der Waals surface area contributed by atoms with Crippen LogP contribution in [-0.4, -0.2) is 50.4 Å². The molecule has 4 rings (SSSR count). The molecule has 0 aliphatic heterocycles. The van der Waals surface area contributed by atoms with Crippen molar-refractivity contribution in [1.29, 1.82) is 0 Å². The number of nitrogens with zero attached hydrogens (tertiary/aromatic N) is 2. The predicted octanol–water partition coefficient (Wildman–Crippen LogP) is 5.45. The van der Waals surface area contributed by atoms with Crippen LogP contribution in [-0.2, 0) is 32.6 Å². The van der Waals surface area contributed by atoms with Gasteiger partial charge in [0.05, 0.1) is 17.7 Å². The van der Waals surface area contributed by atoms with Gasteiger partial charge in [0.15, 0.2) is 0 Å². The fourth-order valence-electron chi connectivity index (χ4n) is 4.78. The normalized spacial score (nSPS) is 12.2. The molecule has 1 N–H and O–H groups in total. The Morgan fingerprint density at radius 1 is 0.773 bits per heavy atom. The summed E-state index contributed by atoms with van der Waals surface area (Å²) in [4.78, 5) is 29.9. The Labute approximate surface area is 260 Å². The second-order valence-electron chi connectivity index (χ2n) is 11.5. The van der Waals surface area contributed by atoms with Gasteiger partial charge in [0.2, 0.25) is 11.8 Å². The molecule has 44 heavy (non-hydrogen) atoms. The van der Waals surface area contributed by atoms with Gasteiger partial charge in [-0.2, -0.15) is 0 Å². The second kappa shape index (κ2) is 14.2. The highest BCUT2D eigenvalue weighted by Crippen LogP contribution is 2.27. The van der Waals surface area contributed by atoms with E-state index in [0.29, 0.717) is 11.4 Å². The zero-order valence-electron chi connectivity index (χ0n) is 25.5. The Morgan fingerprint density at radius 3 is 1.82 bits per heavy atom. The smallest absolute Gasteiger partial charge is 0.264 e. The molecule has 9 heteroatoms. The van der Waals surface area contributed by atoms with Gasteiger partial charge in [-0.1, -0.05) is 78.9 Å². The molecule has 1 unspecified atom stereocenters. The minimum atomic E-state index is -4.16. The van der Waals surface area contributed by atoms with E-state index in [1.54, 1.807) is 42.5 Å². The van der Waals surface area contributed by atoms with Gasteiger partial charge >= 0.3 is 0 Å². The van der Waals surface area contributed by atoms with Crippen molar-refractivity contribution in [3.8, 4) is 5.75 Å². The molecule has 0 spiro atoms. The third-order valence-corrected chi connectivity index (χ3v) is 8.72. The minimum absolute atomic E-state index is 0.0459. The second-order valence-corrected chi connectivity index (χ2v) is 13.3. The van der Waals surface area contributed by atoms with Crippen molar-refractivity contribution in [2.24, 2.45) is 0 Å². The molecule has 0 bridgehead atoms. The summed E-state index contributed by atoms with van der Waals surface area (Å²) in [7, 11) is -2.64. The molecule has 4 aromatic rings. The topological polar surface area (TPSA) is 96.0 Å². The number of rotatable bonds is 12. The number of sulfonamides is 1. The highest BCUT2D eigenvalue weighted by molar-refractivity contribution is 7.92. The Morgan fingerprint density at radius 2 is 1.30 bits per heavy atom. The first-order chi connectivity index (χ1) is 21.0. The summed E-state index contributed by atoms with van der Waals surface area (Å²) >= 11 is 0. The molecule has 0 aromatic heterocycles. The van der Waals surface area contributed by atoms with Crippen molar-refractivity contribution < 1.29 is 22.7 Å². The van der Waals surface area contributed by atoms with E-state index < -0.39 is 34.1 Å². The Balaban J connectivity index is 1.79. The van der Waals surface area contributed by atoms with E-state index in [0.717, 1.165) is 15.4 Å². The molecule has 0 radical (unpaired) electrons. The average molecular weight is 614 g/mol. The van der Waals surface area contributed by atoms with Gasteiger partial charge in [-0.3, -0.25) is 13.9 Å². The zero-order chi connectivity index (χ0) is 31.7. The molecule has 230 valence electrons. The molecule has 1 atom stereocenters. The summed E-state index contributed by atoms with van der Waals surface area (Å²) < 4.78 is 34.4. The molecule has 8 nitrogen and oxygen atoms in total. The number of hydrogen-bond donors (Lipinski definition) is 1. The summed E-state index contributed by atoms with van der Waals surface area (Å²) in [6.07, 6.45) is 0.245. The van der Waals surface area contributed by atoms with E-state index in [1.807, 2.05) is 81.4 Å². The Bertz CT molecular complexity index is 1620. The van der Waals surface area contributed by atoms with Crippen molar-refractivity contribution in [2.75, 3.05) is 18.0 Å². The van der Waals surface area contributed by atoms with Crippen molar-refractivity contribution >= 4 is 27.5 Å². The summed E-state index contributed by atoms with van der Waals surface area (Å²) in [5.41, 5.74) is 1.42. The zero-order valence-corrected chi connectivity index (χ0v) is 26.3. The first kappa shape index (κ1) is 32.3. The summed E-state index contributed by atoms with van der Waals surface area (Å²) in [6, 6.07) is 32.4. The summed E-state index contributed by atoms with van der Waals surface area (Å²) in [6.45, 7) is 5.23. The van der Waals surface area contributed by atoms with Crippen LogP contribution in [0.25, 0.3) is 0 Å². The van der Waals surface area contributed by atoms with E-state index in [4.69, 9.17) is 4.74 Å². The third kappa shape index (κ3) is 8.48. The maximum absolute atomic E-state index is 14.4. The molecule has 0 heterocycles. The molecule has 0 aliphatic carbocycles. The number of anilines is 1. The largest absolute Gasteiger partial charge is 0.497 e. The number of nitrogens with one attached hydrogen (secondary N) is 1. The first-order valence-corrected chi connectivity index (χ1v) is 15.8. The van der Waals surface area contributed by atoms with Gasteiger partial charge in [-0.15, -0.1) is 0 Å². The lowest BCUT2D eigenvalue weighted by molar-refractivity contribution is -0.140. The highest BCUT2D eigenvalue weighted by atomic mass is 32.2. The Kier molecular flexibility index (Phi) is 10.4. The molecular weight excluding hydrogens is 574 g/mol. The van der Waals surface area contributed by atoms with Crippen LogP contribution in [0.1, 0.15) is 31.9 Å². The van der Waals surface area contributed by atoms with Gasteiger partial charge in [-0.25, -0.2) is 8.42 Å².